The molecule has 3 rings (SSSR count). The predicted molar refractivity (Wildman–Crippen MR) is 136 cm³/mol. The van der Waals surface area contributed by atoms with Gasteiger partial charge in [-0.2, -0.15) is 0 Å². The number of ether oxygens (including phenoxy) is 2. The molecule has 0 amide bonds. The number of thiophene rings is 1. The summed E-state index contributed by atoms with van der Waals surface area (Å²) < 4.78 is 10.7. The van der Waals surface area contributed by atoms with E-state index in [0.717, 1.165) is 36.1 Å². The summed E-state index contributed by atoms with van der Waals surface area (Å²) in [7, 11) is 7.35. The Balaban J connectivity index is 0.00000320. The van der Waals surface area contributed by atoms with Crippen LogP contribution in [-0.4, -0.2) is 52.3 Å². The third kappa shape index (κ3) is 6.24. The van der Waals surface area contributed by atoms with Gasteiger partial charge in [0.15, 0.2) is 17.5 Å². The molecular weight excluding hydrogens is 511 g/mol. The first-order chi connectivity index (χ1) is 14.2. The molecule has 0 bridgehead atoms. The monoisotopic (exact) mass is 544 g/mol. The van der Waals surface area contributed by atoms with Crippen LogP contribution in [0.25, 0.3) is 0 Å². The van der Waals surface area contributed by atoms with E-state index in [2.05, 4.69) is 45.1 Å². The van der Waals surface area contributed by atoms with Gasteiger partial charge in [-0.15, -0.1) is 35.3 Å². The maximum atomic E-state index is 5.39. The summed E-state index contributed by atoms with van der Waals surface area (Å²) in [6.07, 6.45) is 2.47. The van der Waals surface area contributed by atoms with Gasteiger partial charge in [-0.1, -0.05) is 12.1 Å². The molecule has 8 heteroatoms. The van der Waals surface area contributed by atoms with E-state index in [1.165, 1.54) is 17.7 Å². The summed E-state index contributed by atoms with van der Waals surface area (Å²) in [5.41, 5.74) is 1.11. The lowest BCUT2D eigenvalue weighted by Gasteiger charge is -2.39. The highest BCUT2D eigenvalue weighted by molar-refractivity contribution is 14.0. The standard InChI is InChI=1S/C22H32N4O2S.HI/c1-23-22(24-14-16-9-10-18(27-3)19(13-16)28-4)25-15-17-7-5-11-26(2)21(17)20-8-6-12-29-20;/h6,8-10,12-13,17,21H,5,7,11,14-15H2,1-4H3,(H2,23,24,25);1H. The molecule has 1 aromatic carbocycles. The van der Waals surface area contributed by atoms with Crippen molar-refractivity contribution in [2.75, 3.05) is 41.4 Å². The maximum absolute atomic E-state index is 5.39. The van der Waals surface area contributed by atoms with E-state index in [4.69, 9.17) is 9.47 Å². The number of hydrogen-bond donors (Lipinski definition) is 2. The van der Waals surface area contributed by atoms with E-state index < -0.39 is 0 Å². The maximum Gasteiger partial charge on any atom is 0.191 e. The van der Waals surface area contributed by atoms with Crippen molar-refractivity contribution in [3.63, 3.8) is 0 Å². The van der Waals surface area contributed by atoms with Crippen LogP contribution in [0.4, 0.5) is 0 Å². The van der Waals surface area contributed by atoms with Crippen LogP contribution in [0.1, 0.15) is 29.3 Å². The molecule has 2 atom stereocenters. The average molecular weight is 545 g/mol. The highest BCUT2D eigenvalue weighted by Crippen LogP contribution is 2.36. The fourth-order valence-electron chi connectivity index (χ4n) is 4.01. The van der Waals surface area contributed by atoms with Crippen molar-refractivity contribution in [2.24, 2.45) is 10.9 Å². The number of piperidine rings is 1. The predicted octanol–water partition coefficient (Wildman–Crippen LogP) is 4.13. The normalized spacial score (nSPS) is 19.7. The quantitative estimate of drug-likeness (QED) is 0.312. The lowest BCUT2D eigenvalue weighted by molar-refractivity contribution is 0.125. The second-order valence-corrected chi connectivity index (χ2v) is 8.32. The Hall–Kier alpha value is -1.52. The van der Waals surface area contributed by atoms with Crippen LogP contribution in [0.2, 0.25) is 0 Å². The fraction of sp³-hybridized carbons (Fsp3) is 0.500. The van der Waals surface area contributed by atoms with E-state index >= 15 is 0 Å². The smallest absolute Gasteiger partial charge is 0.191 e. The van der Waals surface area contributed by atoms with Gasteiger partial charge in [0.25, 0.3) is 0 Å². The van der Waals surface area contributed by atoms with Crippen LogP contribution in [0.3, 0.4) is 0 Å². The molecule has 2 heterocycles. The number of likely N-dealkylation sites (tertiary alicyclic amines) is 1. The van der Waals surface area contributed by atoms with Crippen molar-refractivity contribution in [1.82, 2.24) is 15.5 Å². The van der Waals surface area contributed by atoms with Crippen molar-refractivity contribution in [1.29, 1.82) is 0 Å². The van der Waals surface area contributed by atoms with Crippen LogP contribution < -0.4 is 20.1 Å². The van der Waals surface area contributed by atoms with Gasteiger partial charge in [0.05, 0.1) is 14.2 Å². The molecule has 1 aliphatic rings. The summed E-state index contributed by atoms with van der Waals surface area (Å²) >= 11 is 1.85. The Kier molecular flexibility index (Phi) is 10.2. The number of aliphatic imine (C=N–C) groups is 1. The highest BCUT2D eigenvalue weighted by Gasteiger charge is 2.31. The summed E-state index contributed by atoms with van der Waals surface area (Å²) in [5.74, 6) is 2.85. The Morgan fingerprint density at radius 1 is 1.20 bits per heavy atom. The zero-order valence-electron chi connectivity index (χ0n) is 18.2. The molecule has 2 N–H and O–H groups in total. The molecule has 2 unspecified atom stereocenters. The molecule has 1 saturated heterocycles. The van der Waals surface area contributed by atoms with Gasteiger partial charge in [-0.3, -0.25) is 9.89 Å². The number of hydrogen-bond acceptors (Lipinski definition) is 5. The van der Waals surface area contributed by atoms with Crippen LogP contribution >= 0.6 is 35.3 Å². The first-order valence-corrected chi connectivity index (χ1v) is 10.9. The molecule has 0 aliphatic carbocycles. The van der Waals surface area contributed by atoms with Crippen LogP contribution in [0.15, 0.2) is 40.7 Å². The number of benzene rings is 1. The minimum Gasteiger partial charge on any atom is -0.493 e. The van der Waals surface area contributed by atoms with E-state index in [1.54, 1.807) is 14.2 Å². The van der Waals surface area contributed by atoms with Gasteiger partial charge in [-0.25, -0.2) is 0 Å². The van der Waals surface area contributed by atoms with Gasteiger partial charge in [0, 0.05) is 31.1 Å². The van der Waals surface area contributed by atoms with E-state index in [-0.39, 0.29) is 24.0 Å². The van der Waals surface area contributed by atoms with E-state index in [0.29, 0.717) is 18.5 Å². The summed E-state index contributed by atoms with van der Waals surface area (Å²) in [6.45, 7) is 2.73. The van der Waals surface area contributed by atoms with E-state index in [1.807, 2.05) is 36.6 Å². The zero-order valence-corrected chi connectivity index (χ0v) is 21.3. The van der Waals surface area contributed by atoms with Crippen LogP contribution in [-0.2, 0) is 6.54 Å². The number of nitrogens with zero attached hydrogens (tertiary/aromatic N) is 2. The minimum absolute atomic E-state index is 0. The molecule has 0 spiro atoms. The Morgan fingerprint density at radius 2 is 2.00 bits per heavy atom. The molecule has 0 saturated carbocycles. The molecule has 0 radical (unpaired) electrons. The number of nitrogens with one attached hydrogen (secondary N) is 2. The highest BCUT2D eigenvalue weighted by atomic mass is 127. The van der Waals surface area contributed by atoms with Crippen molar-refractivity contribution in [2.45, 2.75) is 25.4 Å². The Morgan fingerprint density at radius 3 is 2.67 bits per heavy atom. The summed E-state index contributed by atoms with van der Waals surface area (Å²) in [4.78, 5) is 8.34. The first-order valence-electron chi connectivity index (χ1n) is 10.0. The van der Waals surface area contributed by atoms with Crippen molar-refractivity contribution in [3.05, 3.63) is 46.2 Å². The SMILES string of the molecule is CN=C(NCc1ccc(OC)c(OC)c1)NCC1CCCN(C)C1c1cccs1.I. The second kappa shape index (κ2) is 12.4. The summed E-state index contributed by atoms with van der Waals surface area (Å²) in [6, 6.07) is 10.8. The molecule has 1 aliphatic heterocycles. The van der Waals surface area contributed by atoms with Gasteiger partial charge < -0.3 is 20.1 Å². The number of guanidine groups is 1. The van der Waals surface area contributed by atoms with Gasteiger partial charge in [0.1, 0.15) is 0 Å². The molecule has 1 aromatic heterocycles. The molecule has 1 fully saturated rings. The van der Waals surface area contributed by atoms with Crippen LogP contribution in [0, 0.1) is 5.92 Å². The molecule has 30 heavy (non-hydrogen) atoms. The van der Waals surface area contributed by atoms with E-state index in [9.17, 15) is 0 Å². The van der Waals surface area contributed by atoms with Crippen molar-refractivity contribution in [3.8, 4) is 11.5 Å². The second-order valence-electron chi connectivity index (χ2n) is 7.34. The third-order valence-electron chi connectivity index (χ3n) is 5.51. The zero-order chi connectivity index (χ0) is 20.6. The average Bonchev–Trinajstić information content (AvgIpc) is 3.28. The lowest BCUT2D eigenvalue weighted by Crippen LogP contribution is -2.44. The molecule has 6 nitrogen and oxygen atoms in total. The van der Waals surface area contributed by atoms with Gasteiger partial charge in [-0.05, 0) is 61.5 Å². The first kappa shape index (κ1) is 24.7. The minimum atomic E-state index is 0. The number of methoxy groups -OCH3 is 2. The van der Waals surface area contributed by atoms with Gasteiger partial charge in [0.2, 0.25) is 0 Å². The largest absolute Gasteiger partial charge is 0.493 e. The number of rotatable bonds is 7. The Labute approximate surface area is 201 Å². The van der Waals surface area contributed by atoms with Crippen molar-refractivity contribution < 1.29 is 9.47 Å². The molecular formula is C22H33IN4O2S. The number of halogens is 1. The topological polar surface area (TPSA) is 58.1 Å². The van der Waals surface area contributed by atoms with Gasteiger partial charge >= 0.3 is 0 Å². The fourth-order valence-corrected chi connectivity index (χ4v) is 4.99. The Bertz CT molecular complexity index is 800. The third-order valence-corrected chi connectivity index (χ3v) is 6.45. The van der Waals surface area contributed by atoms with Crippen molar-refractivity contribution >= 4 is 41.3 Å². The summed E-state index contributed by atoms with van der Waals surface area (Å²) in [5, 5.41) is 9.11. The molecule has 166 valence electrons. The van der Waals surface area contributed by atoms with Crippen LogP contribution in [0.5, 0.6) is 11.5 Å². The molecule has 2 aromatic rings. The lowest BCUT2D eigenvalue weighted by atomic mass is 9.88.